The van der Waals surface area contributed by atoms with Crippen molar-refractivity contribution in [1.82, 2.24) is 19.5 Å². The Morgan fingerprint density at radius 1 is 1.16 bits per heavy atom. The lowest BCUT2D eigenvalue weighted by Gasteiger charge is -2.28. The van der Waals surface area contributed by atoms with Crippen LogP contribution in [-0.4, -0.2) is 49.8 Å². The molecule has 2 aromatic rings. The lowest BCUT2D eigenvalue weighted by Crippen LogP contribution is -2.45. The van der Waals surface area contributed by atoms with E-state index in [0.717, 1.165) is 38.5 Å². The van der Waals surface area contributed by atoms with E-state index in [2.05, 4.69) is 34.7 Å². The number of nitrogens with two attached hydrogens (primary N) is 1. The Morgan fingerprint density at radius 2 is 1.84 bits per heavy atom. The summed E-state index contributed by atoms with van der Waals surface area (Å²) in [6, 6.07) is 0. The molecule has 0 unspecified atom stereocenters. The first kappa shape index (κ1) is 28.3. The van der Waals surface area contributed by atoms with Gasteiger partial charge in [0, 0.05) is 19.3 Å². The highest BCUT2D eigenvalue weighted by molar-refractivity contribution is 5.81. The molecule has 0 saturated carbocycles. The number of anilines is 1. The number of halogens is 1. The highest BCUT2D eigenvalue weighted by atomic mass is 19.1. The third kappa shape index (κ3) is 7.16. The number of rotatable bonds is 14. The van der Waals surface area contributed by atoms with Gasteiger partial charge in [-0.15, -0.1) is 6.42 Å². The molecule has 3 atom stereocenters. The van der Waals surface area contributed by atoms with Crippen molar-refractivity contribution in [2.24, 2.45) is 0 Å². The molecule has 0 radical (unpaired) electrons. The lowest BCUT2D eigenvalue weighted by atomic mass is 9.98. The van der Waals surface area contributed by atoms with E-state index in [4.69, 9.17) is 26.4 Å². The number of aromatic nitrogens is 4. The second kappa shape index (κ2) is 13.3. The molecule has 0 bridgehead atoms. The van der Waals surface area contributed by atoms with E-state index in [9.17, 15) is 14.0 Å². The van der Waals surface area contributed by atoms with Crippen LogP contribution in [0.3, 0.4) is 0 Å². The number of imidazole rings is 1. The van der Waals surface area contributed by atoms with E-state index in [-0.39, 0.29) is 42.9 Å². The Kier molecular flexibility index (Phi) is 10.2. The summed E-state index contributed by atoms with van der Waals surface area (Å²) in [5, 5.41) is 0. The van der Waals surface area contributed by atoms with E-state index in [0.29, 0.717) is 12.8 Å². The fourth-order valence-corrected chi connectivity index (χ4v) is 4.34. The van der Waals surface area contributed by atoms with Crippen LogP contribution in [0, 0.1) is 18.4 Å². The second-order valence-electron chi connectivity index (χ2n) is 9.30. The van der Waals surface area contributed by atoms with E-state index in [1.807, 2.05) is 0 Å². The average Bonchev–Trinajstić information content (AvgIpc) is 3.45. The number of unbranched alkanes of at least 4 members (excludes halogenated alkanes) is 6. The van der Waals surface area contributed by atoms with Gasteiger partial charge in [-0.2, -0.15) is 14.4 Å². The number of carbonyl (C=O) groups is 2. The predicted octanol–water partition coefficient (Wildman–Crippen LogP) is 4.23. The summed E-state index contributed by atoms with van der Waals surface area (Å²) in [7, 11) is 0. The molecule has 0 aliphatic carbocycles. The minimum absolute atomic E-state index is 0.111. The largest absolute Gasteiger partial charge is 0.461 e. The van der Waals surface area contributed by atoms with Gasteiger partial charge in [0.1, 0.15) is 18.9 Å². The molecule has 0 amide bonds. The molecule has 2 aromatic heterocycles. The summed E-state index contributed by atoms with van der Waals surface area (Å²) >= 11 is 0. The van der Waals surface area contributed by atoms with E-state index in [1.54, 1.807) is 0 Å². The molecule has 37 heavy (non-hydrogen) atoms. The van der Waals surface area contributed by atoms with Crippen LogP contribution in [0.1, 0.15) is 90.7 Å². The highest BCUT2D eigenvalue weighted by Gasteiger charge is 2.52. The normalized spacial score (nSPS) is 21.1. The molecule has 11 heteroatoms. The summed E-state index contributed by atoms with van der Waals surface area (Å²) in [6.45, 7) is 3.88. The van der Waals surface area contributed by atoms with Crippen molar-refractivity contribution >= 4 is 28.9 Å². The number of terminal acetylenes is 1. The second-order valence-corrected chi connectivity index (χ2v) is 9.30. The molecule has 3 heterocycles. The molecule has 1 aliphatic rings. The van der Waals surface area contributed by atoms with Gasteiger partial charge in [0.2, 0.25) is 5.60 Å². The summed E-state index contributed by atoms with van der Waals surface area (Å²) in [6.07, 6.45) is 12.6. The molecule has 3 rings (SSSR count). The topological polar surface area (TPSA) is 131 Å². The molecule has 202 valence electrons. The quantitative estimate of drug-likeness (QED) is 0.169. The van der Waals surface area contributed by atoms with Crippen molar-refractivity contribution in [1.29, 1.82) is 0 Å². The Balaban J connectivity index is 1.78. The first-order valence-electron chi connectivity index (χ1n) is 13.0. The van der Waals surface area contributed by atoms with E-state index in [1.165, 1.54) is 10.9 Å². The SMILES string of the molecule is C#C[C@]1(COC(=O)CCCCCC)O[C@@H](n2cnc3c(N)nc(F)nc32)C[C@@H]1OC(=O)CCCCCC. The van der Waals surface area contributed by atoms with Crippen LogP contribution in [0.5, 0.6) is 0 Å². The zero-order valence-electron chi connectivity index (χ0n) is 21.6. The number of nitrogen functional groups attached to an aromatic ring is 1. The Labute approximate surface area is 216 Å². The van der Waals surface area contributed by atoms with Gasteiger partial charge in [-0.25, -0.2) is 4.98 Å². The lowest BCUT2D eigenvalue weighted by molar-refractivity contribution is -0.166. The fourth-order valence-electron chi connectivity index (χ4n) is 4.34. The standard InChI is InChI=1S/C26H36FN5O5/c1-4-7-9-11-13-20(33)35-16-26(6-3)18(36-21(34)14-12-10-8-5-2)15-19(37-26)32-17-29-22-23(28)30-25(27)31-24(22)32/h3,17-19H,4-5,7-16H2,1-2H3,(H2,28,30,31)/t18-,19+,26+/m0/s1. The van der Waals surface area contributed by atoms with Crippen molar-refractivity contribution < 1.29 is 28.2 Å². The zero-order valence-corrected chi connectivity index (χ0v) is 21.6. The van der Waals surface area contributed by atoms with E-state index < -0.39 is 35.9 Å². The zero-order chi connectivity index (χ0) is 26.8. The van der Waals surface area contributed by atoms with Crippen molar-refractivity contribution in [2.75, 3.05) is 12.3 Å². The van der Waals surface area contributed by atoms with Gasteiger partial charge in [-0.3, -0.25) is 14.2 Å². The molecule has 0 aromatic carbocycles. The average molecular weight is 518 g/mol. The molecule has 1 saturated heterocycles. The molecule has 10 nitrogen and oxygen atoms in total. The van der Waals surface area contributed by atoms with Gasteiger partial charge in [0.05, 0.1) is 6.33 Å². The van der Waals surface area contributed by atoms with Crippen molar-refractivity contribution in [2.45, 2.75) is 102 Å². The van der Waals surface area contributed by atoms with Gasteiger partial charge >= 0.3 is 18.0 Å². The minimum atomic E-state index is -1.53. The molecule has 2 N–H and O–H groups in total. The monoisotopic (exact) mass is 517 g/mol. The van der Waals surface area contributed by atoms with Gasteiger partial charge in [-0.1, -0.05) is 58.3 Å². The predicted molar refractivity (Wildman–Crippen MR) is 134 cm³/mol. The molecular weight excluding hydrogens is 481 g/mol. The molecular formula is C26H36FN5O5. The third-order valence-corrected chi connectivity index (χ3v) is 6.45. The van der Waals surface area contributed by atoms with Gasteiger partial charge in [0.15, 0.2) is 17.0 Å². The number of nitrogens with zero attached hydrogens (tertiary/aromatic N) is 4. The van der Waals surface area contributed by atoms with Gasteiger partial charge < -0.3 is 19.9 Å². The van der Waals surface area contributed by atoms with Gasteiger partial charge in [-0.05, 0) is 12.8 Å². The number of esters is 2. The number of carbonyl (C=O) groups excluding carboxylic acids is 2. The van der Waals surface area contributed by atoms with Crippen LogP contribution in [0.15, 0.2) is 6.33 Å². The number of ether oxygens (including phenoxy) is 3. The first-order chi connectivity index (χ1) is 17.8. The maximum Gasteiger partial charge on any atom is 0.312 e. The molecule has 1 fully saturated rings. The Bertz CT molecular complexity index is 1120. The van der Waals surface area contributed by atoms with Crippen LogP contribution in [0.25, 0.3) is 11.2 Å². The summed E-state index contributed by atoms with van der Waals surface area (Å²) < 4.78 is 32.8. The number of hydrogen-bond donors (Lipinski definition) is 1. The Morgan fingerprint density at radius 3 is 2.49 bits per heavy atom. The number of fused-ring (bicyclic) bond motifs is 1. The smallest absolute Gasteiger partial charge is 0.312 e. The van der Waals surface area contributed by atoms with Crippen molar-refractivity contribution in [3.8, 4) is 12.3 Å². The van der Waals surface area contributed by atoms with Crippen LogP contribution < -0.4 is 5.73 Å². The molecule has 0 spiro atoms. The maximum atomic E-state index is 13.9. The van der Waals surface area contributed by atoms with Crippen LogP contribution in [0.2, 0.25) is 0 Å². The van der Waals surface area contributed by atoms with Crippen LogP contribution >= 0.6 is 0 Å². The summed E-state index contributed by atoms with van der Waals surface area (Å²) in [4.78, 5) is 36.5. The van der Waals surface area contributed by atoms with Crippen molar-refractivity contribution in [3.63, 3.8) is 0 Å². The van der Waals surface area contributed by atoms with Crippen LogP contribution in [0.4, 0.5) is 10.2 Å². The summed E-state index contributed by atoms with van der Waals surface area (Å²) in [5.41, 5.74) is 4.56. The highest BCUT2D eigenvalue weighted by Crippen LogP contribution is 2.40. The third-order valence-electron chi connectivity index (χ3n) is 6.45. The Hall–Kier alpha value is -3.26. The minimum Gasteiger partial charge on any atom is -0.461 e. The molecule has 1 aliphatic heterocycles. The number of hydrogen-bond acceptors (Lipinski definition) is 9. The van der Waals surface area contributed by atoms with E-state index >= 15 is 0 Å². The van der Waals surface area contributed by atoms with Crippen LogP contribution in [-0.2, 0) is 23.8 Å². The van der Waals surface area contributed by atoms with Crippen molar-refractivity contribution in [3.05, 3.63) is 12.4 Å². The maximum absolute atomic E-state index is 13.9. The van der Waals surface area contributed by atoms with Gasteiger partial charge in [0.25, 0.3) is 0 Å². The first-order valence-corrected chi connectivity index (χ1v) is 13.0. The summed E-state index contributed by atoms with van der Waals surface area (Å²) in [5.74, 6) is 1.63. The fraction of sp³-hybridized carbons (Fsp3) is 0.654.